The molecule has 8 nitrogen and oxygen atoms in total. The molecule has 1 atom stereocenters. The molecule has 1 aromatic heterocycles. The lowest BCUT2D eigenvalue weighted by Gasteiger charge is -2.16. The van der Waals surface area contributed by atoms with Crippen molar-refractivity contribution in [3.63, 3.8) is 0 Å². The number of amides is 1. The first-order chi connectivity index (χ1) is 12.5. The number of anilines is 1. The van der Waals surface area contributed by atoms with Crippen LogP contribution in [0.15, 0.2) is 46.9 Å². The quantitative estimate of drug-likeness (QED) is 0.723. The van der Waals surface area contributed by atoms with Gasteiger partial charge in [-0.1, -0.05) is 18.2 Å². The number of phenolic OH excluding ortho intramolecular Hbond substituents is 1. The molecule has 2 aromatic carbocycles. The summed E-state index contributed by atoms with van der Waals surface area (Å²) < 4.78 is 35.5. The molecular formula is C16H11FN4O4S. The molecule has 4 rings (SSSR count). The molecule has 1 saturated heterocycles. The zero-order chi connectivity index (χ0) is 18.3. The molecule has 1 unspecified atom stereocenters. The summed E-state index contributed by atoms with van der Waals surface area (Å²) in [5, 5.41) is 17.7. The maximum absolute atomic E-state index is 15.0. The Bertz CT molecular complexity index is 1020. The van der Waals surface area contributed by atoms with Crippen molar-refractivity contribution < 1.29 is 22.9 Å². The van der Waals surface area contributed by atoms with Crippen molar-refractivity contribution in [3.05, 3.63) is 48.3 Å². The largest absolute Gasteiger partial charge is 0.506 e. The molecule has 2 heterocycles. The van der Waals surface area contributed by atoms with E-state index in [1.807, 2.05) is 6.07 Å². The third kappa shape index (κ3) is 2.69. The van der Waals surface area contributed by atoms with E-state index in [0.717, 1.165) is 4.31 Å². The van der Waals surface area contributed by atoms with Crippen LogP contribution in [0.2, 0.25) is 0 Å². The van der Waals surface area contributed by atoms with E-state index in [1.54, 1.807) is 24.3 Å². The van der Waals surface area contributed by atoms with Crippen LogP contribution in [0.5, 0.6) is 5.75 Å². The average Bonchev–Trinajstić information content (AvgIpc) is 3.23. The smallest absolute Gasteiger partial charge is 0.253 e. The molecule has 10 heteroatoms. The van der Waals surface area contributed by atoms with Gasteiger partial charge < -0.3 is 9.52 Å². The van der Waals surface area contributed by atoms with Gasteiger partial charge in [0.2, 0.25) is 17.1 Å². The number of benzene rings is 2. The Balaban J connectivity index is 1.77. The van der Waals surface area contributed by atoms with Gasteiger partial charge in [-0.15, -0.1) is 10.2 Å². The Kier molecular flexibility index (Phi) is 3.88. The topological polar surface area (TPSA) is 109 Å². The molecule has 0 saturated carbocycles. The molecule has 0 bridgehead atoms. The number of carbonyl (C=O) groups is 1. The van der Waals surface area contributed by atoms with Gasteiger partial charge >= 0.3 is 0 Å². The Labute approximate surface area is 149 Å². The van der Waals surface area contributed by atoms with Gasteiger partial charge in [0, 0.05) is 5.56 Å². The van der Waals surface area contributed by atoms with Crippen LogP contribution >= 0.6 is 0 Å². The van der Waals surface area contributed by atoms with Gasteiger partial charge in [0.15, 0.2) is 5.82 Å². The summed E-state index contributed by atoms with van der Waals surface area (Å²) in [4.78, 5) is 11.4. The summed E-state index contributed by atoms with van der Waals surface area (Å²) in [6.45, 7) is -0.348. The van der Waals surface area contributed by atoms with Crippen molar-refractivity contribution in [2.75, 3.05) is 10.8 Å². The fraction of sp³-hybridized carbons (Fsp3) is 0.0625. The number of hydrogen-bond acceptors (Lipinski definition) is 6. The number of halogens is 1. The molecule has 0 radical (unpaired) electrons. The minimum Gasteiger partial charge on any atom is -0.506 e. The van der Waals surface area contributed by atoms with Crippen molar-refractivity contribution in [1.82, 2.24) is 14.9 Å². The van der Waals surface area contributed by atoms with Crippen LogP contribution in [0.1, 0.15) is 0 Å². The van der Waals surface area contributed by atoms with Crippen molar-refractivity contribution >= 4 is 22.8 Å². The fourth-order valence-corrected chi connectivity index (χ4v) is 3.47. The molecule has 1 aliphatic heterocycles. The maximum Gasteiger partial charge on any atom is 0.253 e. The number of phenols is 1. The molecule has 0 aliphatic carbocycles. The number of rotatable bonds is 3. The lowest BCUT2D eigenvalue weighted by molar-refractivity contribution is -0.117. The third-order valence-corrected chi connectivity index (χ3v) is 4.82. The summed E-state index contributed by atoms with van der Waals surface area (Å²) in [6, 6.07) is 11.4. The van der Waals surface area contributed by atoms with Crippen LogP contribution in [-0.2, 0) is 16.0 Å². The average molecular weight is 374 g/mol. The van der Waals surface area contributed by atoms with Gasteiger partial charge in [0.25, 0.3) is 11.8 Å². The summed E-state index contributed by atoms with van der Waals surface area (Å²) in [7, 11) is 0. The zero-order valence-corrected chi connectivity index (χ0v) is 13.9. The highest BCUT2D eigenvalue weighted by molar-refractivity contribution is 7.85. The SMILES string of the molecule is O=C1CN(c2c(O)ccc(-c3nnc(-c4ccccc4)o3)c2F)S(=O)N1. The number of nitrogens with zero attached hydrogens (tertiary/aromatic N) is 3. The second kappa shape index (κ2) is 6.23. The standard InChI is InChI=1S/C16H11FN4O4S/c17-13-10(16-19-18-15(25-16)9-4-2-1-3-5-9)6-7-11(22)14(13)21-8-12(23)20-26(21)24/h1-7,22H,8H2,(H,20,23). The minimum absolute atomic E-state index is 0.0798. The van der Waals surface area contributed by atoms with E-state index in [1.165, 1.54) is 12.1 Å². The van der Waals surface area contributed by atoms with Gasteiger partial charge in [-0.05, 0) is 24.3 Å². The lowest BCUT2D eigenvalue weighted by Crippen LogP contribution is -2.23. The minimum atomic E-state index is -1.98. The first kappa shape index (κ1) is 16.2. The third-order valence-electron chi connectivity index (χ3n) is 3.71. The van der Waals surface area contributed by atoms with Gasteiger partial charge in [0.1, 0.15) is 18.0 Å². The number of nitrogens with one attached hydrogen (secondary N) is 1. The van der Waals surface area contributed by atoms with Crippen LogP contribution in [0.25, 0.3) is 22.9 Å². The Hall–Kier alpha value is -3.27. The number of aromatic nitrogens is 2. The second-order valence-corrected chi connectivity index (χ2v) is 6.53. The van der Waals surface area contributed by atoms with Crippen molar-refractivity contribution in [3.8, 4) is 28.7 Å². The van der Waals surface area contributed by atoms with Crippen molar-refractivity contribution in [1.29, 1.82) is 0 Å². The molecule has 3 aromatic rings. The summed E-state index contributed by atoms with van der Waals surface area (Å²) in [6.07, 6.45) is 0. The lowest BCUT2D eigenvalue weighted by atomic mass is 10.1. The zero-order valence-electron chi connectivity index (χ0n) is 13.0. The van der Waals surface area contributed by atoms with E-state index in [9.17, 15) is 18.5 Å². The van der Waals surface area contributed by atoms with Crippen LogP contribution in [-0.4, -0.2) is 32.0 Å². The highest BCUT2D eigenvalue weighted by Gasteiger charge is 2.33. The van der Waals surface area contributed by atoms with Gasteiger partial charge in [0.05, 0.1) is 5.56 Å². The molecule has 2 N–H and O–H groups in total. The Morgan fingerprint density at radius 2 is 1.88 bits per heavy atom. The van der Waals surface area contributed by atoms with Gasteiger partial charge in [-0.25, -0.2) is 8.60 Å². The molecule has 1 amide bonds. The first-order valence-corrected chi connectivity index (χ1v) is 8.55. The van der Waals surface area contributed by atoms with Crippen LogP contribution in [0.4, 0.5) is 10.1 Å². The van der Waals surface area contributed by atoms with E-state index < -0.39 is 28.6 Å². The maximum atomic E-state index is 15.0. The van der Waals surface area contributed by atoms with E-state index >= 15 is 0 Å². The normalized spacial score (nSPS) is 16.7. The summed E-state index contributed by atoms with van der Waals surface area (Å²) in [5.74, 6) is -1.82. The van der Waals surface area contributed by atoms with E-state index in [0.29, 0.717) is 5.56 Å². The van der Waals surface area contributed by atoms with Crippen LogP contribution in [0.3, 0.4) is 0 Å². The molecule has 1 aliphatic rings. The number of hydrogen-bond donors (Lipinski definition) is 2. The molecule has 26 heavy (non-hydrogen) atoms. The molecule has 1 fully saturated rings. The second-order valence-electron chi connectivity index (χ2n) is 5.38. The van der Waals surface area contributed by atoms with Crippen molar-refractivity contribution in [2.45, 2.75) is 0 Å². The number of carbonyl (C=O) groups excluding carboxylic acids is 1. The molecular weight excluding hydrogens is 363 g/mol. The Morgan fingerprint density at radius 1 is 1.15 bits per heavy atom. The van der Waals surface area contributed by atoms with E-state index in [4.69, 9.17) is 4.42 Å². The van der Waals surface area contributed by atoms with Crippen LogP contribution in [0, 0.1) is 5.82 Å². The van der Waals surface area contributed by atoms with Gasteiger partial charge in [-0.3, -0.25) is 13.8 Å². The monoisotopic (exact) mass is 374 g/mol. The van der Waals surface area contributed by atoms with Gasteiger partial charge in [-0.2, -0.15) is 0 Å². The predicted molar refractivity (Wildman–Crippen MR) is 90.4 cm³/mol. The van der Waals surface area contributed by atoms with E-state index in [-0.39, 0.29) is 29.6 Å². The predicted octanol–water partition coefficient (Wildman–Crippen LogP) is 1.76. The van der Waals surface area contributed by atoms with Crippen LogP contribution < -0.4 is 9.03 Å². The van der Waals surface area contributed by atoms with E-state index in [2.05, 4.69) is 14.9 Å². The highest BCUT2D eigenvalue weighted by Crippen LogP contribution is 2.38. The number of aromatic hydroxyl groups is 1. The summed E-state index contributed by atoms with van der Waals surface area (Å²) in [5.41, 5.74) is 0.212. The Morgan fingerprint density at radius 3 is 2.58 bits per heavy atom. The highest BCUT2D eigenvalue weighted by atomic mass is 32.2. The van der Waals surface area contributed by atoms with Crippen molar-refractivity contribution in [2.24, 2.45) is 0 Å². The first-order valence-electron chi connectivity index (χ1n) is 7.44. The summed E-state index contributed by atoms with van der Waals surface area (Å²) >= 11 is -1.98. The molecule has 132 valence electrons. The molecule has 0 spiro atoms. The fourth-order valence-electron chi connectivity index (χ4n) is 2.52.